The number of non-ortho nitro benzene ring substituents is 1. The molecular weight excluding hydrogens is 404 g/mol. The van der Waals surface area contributed by atoms with Crippen LogP contribution in [0, 0.1) is 10.1 Å². The lowest BCUT2D eigenvalue weighted by molar-refractivity contribution is -0.384. The van der Waals surface area contributed by atoms with Gasteiger partial charge in [0.25, 0.3) is 5.69 Å². The summed E-state index contributed by atoms with van der Waals surface area (Å²) in [5.41, 5.74) is 1.95. The van der Waals surface area contributed by atoms with E-state index in [4.69, 9.17) is 4.74 Å². The molecule has 0 heterocycles. The first kappa shape index (κ1) is 15.8. The number of halogens is 2. The highest BCUT2D eigenvalue weighted by Gasteiger charge is 2.08. The second-order valence-corrected chi connectivity index (χ2v) is 5.96. The topological polar surface area (TPSA) is 64.4 Å². The molecule has 0 fully saturated rings. The molecule has 1 N–H and O–H groups in total. The molecule has 0 radical (unpaired) electrons. The summed E-state index contributed by atoms with van der Waals surface area (Å²) >= 11 is 6.90. The molecule has 2 aromatic carbocycles. The third kappa shape index (κ3) is 3.95. The Morgan fingerprint density at radius 3 is 2.24 bits per heavy atom. The predicted octanol–water partition coefficient (Wildman–Crippen LogP) is 4.74. The zero-order chi connectivity index (χ0) is 15.4. The van der Waals surface area contributed by atoms with E-state index in [1.165, 1.54) is 12.1 Å². The Kier molecular flexibility index (Phi) is 5.19. The van der Waals surface area contributed by atoms with Crippen LogP contribution in [-0.4, -0.2) is 12.0 Å². The number of benzene rings is 2. The van der Waals surface area contributed by atoms with Crippen molar-refractivity contribution in [1.82, 2.24) is 0 Å². The fourth-order valence-corrected chi connectivity index (χ4v) is 3.42. The number of nitrogens with one attached hydrogen (secondary N) is 1. The van der Waals surface area contributed by atoms with Crippen LogP contribution in [0.4, 0.5) is 11.4 Å². The fourth-order valence-electron chi connectivity index (χ4n) is 1.81. The SMILES string of the molecule is COc1c(Br)cc(CNc2ccc([N+](=O)[O-])cc2)cc1Br. The normalized spacial score (nSPS) is 10.2. The largest absolute Gasteiger partial charge is 0.494 e. The number of nitro groups is 1. The van der Waals surface area contributed by atoms with Crippen molar-refractivity contribution in [1.29, 1.82) is 0 Å². The van der Waals surface area contributed by atoms with Crippen LogP contribution in [-0.2, 0) is 6.54 Å². The van der Waals surface area contributed by atoms with Gasteiger partial charge >= 0.3 is 0 Å². The molecule has 0 aromatic heterocycles. The van der Waals surface area contributed by atoms with E-state index in [-0.39, 0.29) is 5.69 Å². The van der Waals surface area contributed by atoms with Gasteiger partial charge in [-0.25, -0.2) is 0 Å². The first-order valence-corrected chi connectivity index (χ1v) is 7.60. The Morgan fingerprint density at radius 1 is 1.19 bits per heavy atom. The van der Waals surface area contributed by atoms with Crippen molar-refractivity contribution in [2.45, 2.75) is 6.54 Å². The van der Waals surface area contributed by atoms with Crippen molar-refractivity contribution in [3.8, 4) is 5.75 Å². The van der Waals surface area contributed by atoms with Crippen LogP contribution in [0.2, 0.25) is 0 Å². The van der Waals surface area contributed by atoms with Gasteiger partial charge in [-0.3, -0.25) is 10.1 Å². The average molecular weight is 416 g/mol. The quantitative estimate of drug-likeness (QED) is 0.565. The Bertz CT molecular complexity index is 637. The summed E-state index contributed by atoms with van der Waals surface area (Å²) in [5.74, 6) is 0.745. The minimum atomic E-state index is -0.415. The highest BCUT2D eigenvalue weighted by molar-refractivity contribution is 9.11. The maximum atomic E-state index is 10.6. The summed E-state index contributed by atoms with van der Waals surface area (Å²) in [5, 5.41) is 13.8. The Labute approximate surface area is 138 Å². The molecule has 0 unspecified atom stereocenters. The van der Waals surface area contributed by atoms with Gasteiger partial charge in [-0.1, -0.05) is 0 Å². The van der Waals surface area contributed by atoms with Crippen molar-refractivity contribution in [3.05, 3.63) is 61.0 Å². The highest BCUT2D eigenvalue weighted by atomic mass is 79.9. The number of ether oxygens (including phenoxy) is 1. The lowest BCUT2D eigenvalue weighted by Gasteiger charge is -2.11. The maximum absolute atomic E-state index is 10.6. The molecule has 7 heteroatoms. The lowest BCUT2D eigenvalue weighted by Crippen LogP contribution is -2.00. The van der Waals surface area contributed by atoms with E-state index < -0.39 is 4.92 Å². The second kappa shape index (κ2) is 6.91. The summed E-state index contributed by atoms with van der Waals surface area (Å²) < 4.78 is 6.97. The maximum Gasteiger partial charge on any atom is 0.269 e. The number of nitrogens with zero attached hydrogens (tertiary/aromatic N) is 1. The molecule has 0 bridgehead atoms. The number of methoxy groups -OCH3 is 1. The van der Waals surface area contributed by atoms with E-state index in [0.29, 0.717) is 6.54 Å². The molecule has 0 aliphatic carbocycles. The smallest absolute Gasteiger partial charge is 0.269 e. The zero-order valence-electron chi connectivity index (χ0n) is 11.1. The van der Waals surface area contributed by atoms with Crippen LogP contribution in [0.15, 0.2) is 45.3 Å². The average Bonchev–Trinajstić information content (AvgIpc) is 2.45. The second-order valence-electron chi connectivity index (χ2n) is 4.25. The molecule has 0 amide bonds. The Balaban J connectivity index is 2.07. The molecule has 0 saturated carbocycles. The predicted molar refractivity (Wildman–Crippen MR) is 88.8 cm³/mol. The number of rotatable bonds is 5. The molecule has 110 valence electrons. The van der Waals surface area contributed by atoms with Gasteiger partial charge in [0.1, 0.15) is 5.75 Å². The molecule has 0 saturated heterocycles. The molecule has 0 spiro atoms. The summed E-state index contributed by atoms with van der Waals surface area (Å²) in [7, 11) is 1.61. The summed E-state index contributed by atoms with van der Waals surface area (Å²) in [4.78, 5) is 10.2. The lowest BCUT2D eigenvalue weighted by atomic mass is 10.2. The van der Waals surface area contributed by atoms with E-state index in [2.05, 4.69) is 37.2 Å². The van der Waals surface area contributed by atoms with E-state index in [1.807, 2.05) is 12.1 Å². The van der Waals surface area contributed by atoms with Gasteiger partial charge in [0, 0.05) is 24.4 Å². The van der Waals surface area contributed by atoms with Crippen molar-refractivity contribution in [2.24, 2.45) is 0 Å². The van der Waals surface area contributed by atoms with E-state index >= 15 is 0 Å². The molecule has 2 rings (SSSR count). The van der Waals surface area contributed by atoms with Crippen LogP contribution in [0.25, 0.3) is 0 Å². The monoisotopic (exact) mass is 414 g/mol. The third-order valence-corrected chi connectivity index (χ3v) is 4.02. The number of hydrogen-bond acceptors (Lipinski definition) is 4. The van der Waals surface area contributed by atoms with Crippen molar-refractivity contribution >= 4 is 43.2 Å². The Morgan fingerprint density at radius 2 is 1.76 bits per heavy atom. The van der Waals surface area contributed by atoms with Crippen LogP contribution in [0.3, 0.4) is 0 Å². The van der Waals surface area contributed by atoms with E-state index in [9.17, 15) is 10.1 Å². The molecule has 5 nitrogen and oxygen atoms in total. The van der Waals surface area contributed by atoms with Crippen LogP contribution in [0.5, 0.6) is 5.75 Å². The van der Waals surface area contributed by atoms with E-state index in [0.717, 1.165) is 25.9 Å². The minimum absolute atomic E-state index is 0.0792. The summed E-state index contributed by atoms with van der Waals surface area (Å²) in [6.45, 7) is 0.596. The van der Waals surface area contributed by atoms with E-state index in [1.54, 1.807) is 19.2 Å². The number of anilines is 1. The van der Waals surface area contributed by atoms with Crippen LogP contribution < -0.4 is 10.1 Å². The third-order valence-electron chi connectivity index (χ3n) is 2.84. The standard InChI is InChI=1S/C14H12Br2N2O3/c1-21-14-12(15)6-9(7-13(14)16)8-17-10-2-4-11(5-3-10)18(19)20/h2-7,17H,8H2,1H3. The first-order chi connectivity index (χ1) is 10.0. The molecule has 0 aliphatic rings. The van der Waals surface area contributed by atoms with Crippen molar-refractivity contribution < 1.29 is 9.66 Å². The number of hydrogen-bond donors (Lipinski definition) is 1. The van der Waals surface area contributed by atoms with Gasteiger partial charge in [-0.15, -0.1) is 0 Å². The molecule has 0 atom stereocenters. The minimum Gasteiger partial charge on any atom is -0.494 e. The van der Waals surface area contributed by atoms with Gasteiger partial charge in [0.05, 0.1) is 21.0 Å². The molecular formula is C14H12Br2N2O3. The van der Waals surface area contributed by atoms with Gasteiger partial charge < -0.3 is 10.1 Å². The first-order valence-electron chi connectivity index (χ1n) is 6.01. The number of nitro benzene ring substituents is 1. The molecule has 0 aliphatic heterocycles. The van der Waals surface area contributed by atoms with Crippen LogP contribution >= 0.6 is 31.9 Å². The fraction of sp³-hybridized carbons (Fsp3) is 0.143. The molecule has 21 heavy (non-hydrogen) atoms. The Hall–Kier alpha value is -1.60. The van der Waals surface area contributed by atoms with Gasteiger partial charge in [0.15, 0.2) is 0 Å². The van der Waals surface area contributed by atoms with Crippen LogP contribution in [0.1, 0.15) is 5.56 Å². The van der Waals surface area contributed by atoms with Crippen molar-refractivity contribution in [2.75, 3.05) is 12.4 Å². The molecule has 2 aromatic rings. The van der Waals surface area contributed by atoms with Gasteiger partial charge in [-0.05, 0) is 61.7 Å². The van der Waals surface area contributed by atoms with Gasteiger partial charge in [-0.2, -0.15) is 0 Å². The summed E-state index contributed by atoms with van der Waals surface area (Å²) in [6.07, 6.45) is 0. The highest BCUT2D eigenvalue weighted by Crippen LogP contribution is 2.34. The summed E-state index contributed by atoms with van der Waals surface area (Å²) in [6, 6.07) is 10.2. The van der Waals surface area contributed by atoms with Gasteiger partial charge in [0.2, 0.25) is 0 Å². The van der Waals surface area contributed by atoms with Crippen molar-refractivity contribution in [3.63, 3.8) is 0 Å². The zero-order valence-corrected chi connectivity index (χ0v) is 14.3.